The topological polar surface area (TPSA) is 123 Å². The number of rotatable bonds is 7. The third-order valence-electron chi connectivity index (χ3n) is 6.99. The summed E-state index contributed by atoms with van der Waals surface area (Å²) in [6, 6.07) is 14.3. The maximum atomic E-state index is 13.5. The van der Waals surface area contributed by atoms with Gasteiger partial charge in [0.2, 0.25) is 5.95 Å². The van der Waals surface area contributed by atoms with Crippen LogP contribution in [0.4, 0.5) is 58.2 Å². The van der Waals surface area contributed by atoms with Crippen LogP contribution in [0, 0.1) is 11.8 Å². The lowest BCUT2D eigenvalue weighted by Crippen LogP contribution is -2.46. The van der Waals surface area contributed by atoms with Gasteiger partial charge in [0.15, 0.2) is 0 Å². The van der Waals surface area contributed by atoms with Crippen molar-refractivity contribution in [2.24, 2.45) is 5.18 Å². The molecule has 11 nitrogen and oxygen atoms in total. The molecule has 44 heavy (non-hydrogen) atoms. The molecule has 2 N–H and O–H groups in total. The molecular weight excluding hydrogens is 577 g/mol. The SMILES string of the molecule is Cc1ccc(NC(=O)c2cc(N=O)cc(C(F)(F)F)c2)cc1N1Cc2cnc(Nc3cccc(N(C)C)c3)nc2N(C)C1=O. The normalized spacial score (nSPS) is 12.9. The molecule has 0 saturated heterocycles. The Morgan fingerprint density at radius 1 is 1.05 bits per heavy atom. The minimum Gasteiger partial charge on any atom is -0.378 e. The van der Waals surface area contributed by atoms with Gasteiger partial charge in [-0.1, -0.05) is 12.1 Å². The van der Waals surface area contributed by atoms with Gasteiger partial charge in [-0.15, -0.1) is 4.91 Å². The standard InChI is InChI=1S/C30H27F3N8O3/c1-17-8-9-22(35-27(42)18-10-20(30(31,32)33)12-23(11-18)38-44)14-25(17)41-16-19-15-34-28(37-26(19)40(4)29(41)43)36-21-6-5-7-24(13-21)39(2)3/h5-15H,16H2,1-4H3,(H,35,42)(H,34,36,37). The van der Waals surface area contributed by atoms with E-state index in [0.717, 1.165) is 17.4 Å². The van der Waals surface area contributed by atoms with Crippen LogP contribution >= 0.6 is 0 Å². The third kappa shape index (κ3) is 6.14. The largest absolute Gasteiger partial charge is 0.416 e. The number of amides is 3. The number of aryl methyl sites for hydroxylation is 1. The number of carbonyl (C=O) groups excluding carboxylic acids is 2. The van der Waals surface area contributed by atoms with Gasteiger partial charge in [-0.05, 0) is 66.2 Å². The van der Waals surface area contributed by atoms with Crippen molar-refractivity contribution in [3.8, 4) is 0 Å². The second kappa shape index (κ2) is 11.6. The van der Waals surface area contributed by atoms with Crippen molar-refractivity contribution in [1.82, 2.24) is 9.97 Å². The molecule has 0 aliphatic carbocycles. The number of fused-ring (bicyclic) bond motifs is 1. The highest BCUT2D eigenvalue weighted by Crippen LogP contribution is 2.35. The number of nitrogens with zero attached hydrogens (tertiary/aromatic N) is 6. The van der Waals surface area contributed by atoms with Crippen molar-refractivity contribution < 1.29 is 22.8 Å². The minimum atomic E-state index is -4.78. The lowest BCUT2D eigenvalue weighted by Gasteiger charge is -2.35. The summed E-state index contributed by atoms with van der Waals surface area (Å²) in [5, 5.41) is 8.27. The van der Waals surface area contributed by atoms with E-state index >= 15 is 0 Å². The molecule has 0 fully saturated rings. The number of hydrogen-bond acceptors (Lipinski definition) is 8. The molecule has 14 heteroatoms. The lowest BCUT2D eigenvalue weighted by atomic mass is 10.1. The Bertz CT molecular complexity index is 1780. The van der Waals surface area contributed by atoms with Crippen LogP contribution in [0.3, 0.4) is 0 Å². The summed E-state index contributed by atoms with van der Waals surface area (Å²) >= 11 is 0. The number of nitrogens with one attached hydrogen (secondary N) is 2. The van der Waals surface area contributed by atoms with Crippen molar-refractivity contribution in [3.63, 3.8) is 0 Å². The highest BCUT2D eigenvalue weighted by Gasteiger charge is 2.33. The van der Waals surface area contributed by atoms with Crippen LogP contribution in [0.2, 0.25) is 0 Å². The molecule has 0 atom stereocenters. The van der Waals surface area contributed by atoms with Gasteiger partial charge in [-0.25, -0.2) is 9.78 Å². The Balaban J connectivity index is 1.38. The van der Waals surface area contributed by atoms with E-state index in [1.165, 1.54) is 9.80 Å². The molecule has 1 aliphatic rings. The number of carbonyl (C=O) groups is 2. The van der Waals surface area contributed by atoms with Crippen LogP contribution in [0.15, 0.2) is 72.0 Å². The van der Waals surface area contributed by atoms with E-state index in [2.05, 4.69) is 25.8 Å². The van der Waals surface area contributed by atoms with Crippen LogP contribution in [0.1, 0.15) is 27.0 Å². The van der Waals surface area contributed by atoms with Gasteiger partial charge in [-0.2, -0.15) is 18.2 Å². The van der Waals surface area contributed by atoms with Crippen molar-refractivity contribution in [3.05, 3.63) is 94.0 Å². The molecule has 3 amide bonds. The van der Waals surface area contributed by atoms with Gasteiger partial charge in [0.1, 0.15) is 11.5 Å². The van der Waals surface area contributed by atoms with Crippen LogP contribution in [0.25, 0.3) is 0 Å². The van der Waals surface area contributed by atoms with E-state index in [1.54, 1.807) is 38.4 Å². The molecular formula is C30H27F3N8O3. The Kier molecular flexibility index (Phi) is 7.91. The van der Waals surface area contributed by atoms with Gasteiger partial charge >= 0.3 is 12.2 Å². The van der Waals surface area contributed by atoms with Crippen molar-refractivity contribution in [1.29, 1.82) is 0 Å². The zero-order chi connectivity index (χ0) is 31.8. The lowest BCUT2D eigenvalue weighted by molar-refractivity contribution is -0.137. The van der Waals surface area contributed by atoms with E-state index in [0.29, 0.717) is 40.7 Å². The van der Waals surface area contributed by atoms with Gasteiger partial charge in [-0.3, -0.25) is 14.6 Å². The summed E-state index contributed by atoms with van der Waals surface area (Å²) in [5.41, 5.74) is 1.74. The van der Waals surface area contributed by atoms with Crippen molar-refractivity contribution in [2.45, 2.75) is 19.6 Å². The second-order valence-corrected chi connectivity index (χ2v) is 10.4. The number of urea groups is 1. The van der Waals surface area contributed by atoms with Gasteiger partial charge in [0.05, 0.1) is 17.8 Å². The molecule has 0 saturated carbocycles. The Hall–Kier alpha value is -5.53. The van der Waals surface area contributed by atoms with E-state index in [1.807, 2.05) is 43.3 Å². The summed E-state index contributed by atoms with van der Waals surface area (Å²) in [6.45, 7) is 1.92. The minimum absolute atomic E-state index is 0.134. The van der Waals surface area contributed by atoms with E-state index < -0.39 is 28.9 Å². The Morgan fingerprint density at radius 2 is 1.82 bits per heavy atom. The highest BCUT2D eigenvalue weighted by molar-refractivity contribution is 6.07. The van der Waals surface area contributed by atoms with Crippen LogP contribution in [0.5, 0.6) is 0 Å². The fourth-order valence-corrected chi connectivity index (χ4v) is 4.69. The fraction of sp³-hybridized carbons (Fsp3) is 0.200. The summed E-state index contributed by atoms with van der Waals surface area (Å²) < 4.78 is 39.8. The molecule has 1 aliphatic heterocycles. The molecule has 0 unspecified atom stereocenters. The number of benzene rings is 3. The number of nitroso groups, excluding NO2 is 1. The first-order valence-electron chi connectivity index (χ1n) is 13.3. The predicted octanol–water partition coefficient (Wildman–Crippen LogP) is 6.84. The van der Waals surface area contributed by atoms with E-state index in [9.17, 15) is 27.7 Å². The summed E-state index contributed by atoms with van der Waals surface area (Å²) in [7, 11) is 5.46. The van der Waals surface area contributed by atoms with Gasteiger partial charge in [0.25, 0.3) is 5.91 Å². The predicted molar refractivity (Wildman–Crippen MR) is 162 cm³/mol. The van der Waals surface area contributed by atoms with Crippen LogP contribution < -0.4 is 25.3 Å². The zero-order valence-corrected chi connectivity index (χ0v) is 24.1. The van der Waals surface area contributed by atoms with E-state index in [-0.39, 0.29) is 18.3 Å². The third-order valence-corrected chi connectivity index (χ3v) is 6.99. The smallest absolute Gasteiger partial charge is 0.378 e. The van der Waals surface area contributed by atoms with Crippen LogP contribution in [-0.4, -0.2) is 43.0 Å². The number of hydrogen-bond donors (Lipinski definition) is 2. The molecule has 5 rings (SSSR count). The summed E-state index contributed by atoms with van der Waals surface area (Å²) in [5.74, 6) is -0.136. The van der Waals surface area contributed by atoms with Crippen molar-refractivity contribution in [2.75, 3.05) is 46.5 Å². The second-order valence-electron chi connectivity index (χ2n) is 10.4. The molecule has 3 aromatic carbocycles. The molecule has 226 valence electrons. The van der Waals surface area contributed by atoms with Gasteiger partial charge in [0, 0.05) is 55.5 Å². The number of alkyl halides is 3. The van der Waals surface area contributed by atoms with Gasteiger partial charge < -0.3 is 15.5 Å². The van der Waals surface area contributed by atoms with Crippen LogP contribution in [-0.2, 0) is 12.7 Å². The first-order chi connectivity index (χ1) is 20.8. The average molecular weight is 605 g/mol. The first kappa shape index (κ1) is 29.9. The molecule has 1 aromatic heterocycles. The first-order valence-corrected chi connectivity index (χ1v) is 13.3. The molecule has 0 bridgehead atoms. The Morgan fingerprint density at radius 3 is 2.52 bits per heavy atom. The summed E-state index contributed by atoms with van der Waals surface area (Å²) in [4.78, 5) is 51.2. The monoisotopic (exact) mass is 604 g/mol. The zero-order valence-electron chi connectivity index (χ0n) is 24.1. The molecule has 2 heterocycles. The van der Waals surface area contributed by atoms with Crippen molar-refractivity contribution >= 4 is 52.1 Å². The molecule has 4 aromatic rings. The quantitative estimate of drug-likeness (QED) is 0.222. The summed E-state index contributed by atoms with van der Waals surface area (Å²) in [6.07, 6.45) is -3.15. The molecule has 0 spiro atoms. The average Bonchev–Trinajstić information content (AvgIpc) is 2.99. The number of halogens is 3. The maximum Gasteiger partial charge on any atom is 0.416 e. The maximum absolute atomic E-state index is 13.5. The van der Waals surface area contributed by atoms with E-state index in [4.69, 9.17) is 0 Å². The fourth-order valence-electron chi connectivity index (χ4n) is 4.69. The Labute approximate surface area is 250 Å². The number of aromatic nitrogens is 2. The number of anilines is 6. The molecule has 0 radical (unpaired) electrons. The highest BCUT2D eigenvalue weighted by atomic mass is 19.4.